The molecule has 212 valence electrons. The normalized spacial score (nSPS) is 29.0. The van der Waals surface area contributed by atoms with Gasteiger partial charge in [0, 0.05) is 26.6 Å². The summed E-state index contributed by atoms with van der Waals surface area (Å²) in [6.07, 6.45) is 0.839. The molecule has 2 aliphatic heterocycles. The summed E-state index contributed by atoms with van der Waals surface area (Å²) in [6.45, 7) is 2.50. The lowest BCUT2D eigenvalue weighted by atomic mass is 9.68. The van der Waals surface area contributed by atoms with Gasteiger partial charge in [-0.3, -0.25) is 19.3 Å². The van der Waals surface area contributed by atoms with Gasteiger partial charge in [0.15, 0.2) is 0 Å². The van der Waals surface area contributed by atoms with Crippen molar-refractivity contribution in [3.63, 3.8) is 0 Å². The Morgan fingerprint density at radius 2 is 1.64 bits per heavy atom. The molecule has 0 unspecified atom stereocenters. The van der Waals surface area contributed by atoms with E-state index < -0.39 is 0 Å². The van der Waals surface area contributed by atoms with Crippen molar-refractivity contribution in [3.8, 4) is 5.75 Å². The number of fused-ring (bicyclic) bond motifs is 9. The molecule has 4 aliphatic rings. The quantitative estimate of drug-likeness (QED) is 0.255. The maximum atomic E-state index is 14.0. The molecule has 42 heavy (non-hydrogen) atoms. The lowest BCUT2D eigenvalue weighted by Crippen LogP contribution is -2.42. The molecule has 2 amide bonds. The number of thiazole rings is 1. The van der Waals surface area contributed by atoms with E-state index in [4.69, 9.17) is 16.3 Å². The van der Waals surface area contributed by atoms with Crippen LogP contribution in [0.2, 0.25) is 5.02 Å². The zero-order valence-electron chi connectivity index (χ0n) is 22.7. The summed E-state index contributed by atoms with van der Waals surface area (Å²) in [5.41, 5.74) is 3.89. The van der Waals surface area contributed by atoms with Crippen LogP contribution in [-0.2, 0) is 16.2 Å². The molecule has 3 aromatic carbocycles. The summed E-state index contributed by atoms with van der Waals surface area (Å²) in [5, 5.41) is 1.57. The molecule has 6 nitrogen and oxygen atoms in total. The molecule has 7 atom stereocenters. The Hall–Kier alpha value is -3.33. The van der Waals surface area contributed by atoms with Gasteiger partial charge in [0.05, 0.1) is 22.5 Å². The van der Waals surface area contributed by atoms with E-state index in [1.54, 1.807) is 36.0 Å². The molecule has 9 heteroatoms. The van der Waals surface area contributed by atoms with Crippen molar-refractivity contribution in [3.05, 3.63) is 109 Å². The predicted molar refractivity (Wildman–Crippen MR) is 164 cm³/mol. The third-order valence-corrected chi connectivity index (χ3v) is 12.4. The molecule has 2 aliphatic carbocycles. The molecule has 2 bridgehead atoms. The van der Waals surface area contributed by atoms with Crippen LogP contribution in [0.25, 0.3) is 0 Å². The number of H-pyrrole nitrogens is 1. The number of halogens is 1. The first-order chi connectivity index (χ1) is 20.4. The number of nitrogens with zero attached hydrogens (tertiary/aromatic N) is 1. The molecule has 8 rings (SSSR count). The second-order valence-corrected chi connectivity index (χ2v) is 14.4. The van der Waals surface area contributed by atoms with E-state index in [9.17, 15) is 14.4 Å². The summed E-state index contributed by atoms with van der Waals surface area (Å²) < 4.78 is 6.45. The first-order valence-corrected chi connectivity index (χ1v) is 16.3. The Kier molecular flexibility index (Phi) is 6.18. The van der Waals surface area contributed by atoms with Crippen LogP contribution in [0.5, 0.6) is 5.75 Å². The Labute approximate surface area is 256 Å². The van der Waals surface area contributed by atoms with E-state index in [0.717, 1.165) is 33.2 Å². The smallest absolute Gasteiger partial charge is 0.305 e. The van der Waals surface area contributed by atoms with Gasteiger partial charge < -0.3 is 9.72 Å². The highest BCUT2D eigenvalue weighted by Crippen LogP contribution is 2.69. The zero-order chi connectivity index (χ0) is 28.7. The lowest BCUT2D eigenvalue weighted by Gasteiger charge is -2.43. The molecule has 1 N–H and O–H groups in total. The minimum Gasteiger partial charge on any atom is -0.489 e. The number of nitrogens with one attached hydrogen (secondary N) is 1. The maximum absolute atomic E-state index is 14.0. The standard InChI is InChI=1S/C33H27ClN2O4S2/c1-16-6-8-17(9-7-16)15-40-23-5-3-2-4-20(23)24-25-21-14-22(28(25)41-30-29(24)42-33(39)35-30)27-26(21)31(37)36(32(27)38)19-12-10-18(34)11-13-19/h2-13,21-22,24-28H,14-15H2,1H3,(H,35,39)/t21-,22-,24+,25+,26+,27+,28-/m1/s1. The number of hydrogen-bond donors (Lipinski definition) is 1. The number of imide groups is 1. The van der Waals surface area contributed by atoms with Crippen molar-refractivity contribution in [1.82, 2.24) is 4.98 Å². The molecule has 3 fully saturated rings. The molecule has 0 radical (unpaired) electrons. The Morgan fingerprint density at radius 1 is 0.929 bits per heavy atom. The van der Waals surface area contributed by atoms with E-state index in [1.165, 1.54) is 21.8 Å². The Morgan fingerprint density at radius 3 is 2.40 bits per heavy atom. The fourth-order valence-electron chi connectivity index (χ4n) is 7.92. The third-order valence-electron chi connectivity index (χ3n) is 9.58. The fourth-order valence-corrected chi connectivity index (χ4v) is 10.9. The molecule has 1 aromatic heterocycles. The van der Waals surface area contributed by atoms with E-state index >= 15 is 0 Å². The van der Waals surface area contributed by atoms with Gasteiger partial charge in [-0.15, -0.1) is 11.8 Å². The van der Waals surface area contributed by atoms with Crippen LogP contribution in [0.4, 0.5) is 5.69 Å². The summed E-state index contributed by atoms with van der Waals surface area (Å²) in [7, 11) is 0. The predicted octanol–water partition coefficient (Wildman–Crippen LogP) is 6.66. The number of rotatable bonds is 5. The number of carbonyl (C=O) groups is 2. The topological polar surface area (TPSA) is 79.5 Å². The third kappa shape index (κ3) is 3.95. The van der Waals surface area contributed by atoms with E-state index in [1.807, 2.05) is 18.2 Å². The van der Waals surface area contributed by atoms with Crippen LogP contribution >= 0.6 is 34.7 Å². The van der Waals surface area contributed by atoms with Crippen LogP contribution in [-0.4, -0.2) is 22.0 Å². The SMILES string of the molecule is Cc1ccc(COc2ccccc2[C@@H]2c3sc(=O)[nH]c3S[C@@H]3[C@@H]4C[C@@H]([C@@H]5C(=O)N(c6ccc(Cl)cc6)C(=O)[C@@H]45)[C@@H]23)cc1. The Bertz CT molecular complexity index is 1780. The van der Waals surface area contributed by atoms with Gasteiger partial charge in [0.25, 0.3) is 0 Å². The van der Waals surface area contributed by atoms with Crippen LogP contribution in [0.1, 0.15) is 33.9 Å². The van der Waals surface area contributed by atoms with Crippen molar-refractivity contribution >= 4 is 52.2 Å². The first kappa shape index (κ1) is 26.3. The Balaban J connectivity index is 1.18. The summed E-state index contributed by atoms with van der Waals surface area (Å²) in [6, 6.07) is 23.3. The van der Waals surface area contributed by atoms with Gasteiger partial charge in [-0.25, -0.2) is 0 Å². The second kappa shape index (κ2) is 9.86. The number of benzene rings is 3. The van der Waals surface area contributed by atoms with Crippen molar-refractivity contribution < 1.29 is 14.3 Å². The molecule has 1 saturated heterocycles. The van der Waals surface area contributed by atoms with Crippen molar-refractivity contribution in [2.24, 2.45) is 29.6 Å². The highest BCUT2D eigenvalue weighted by atomic mass is 35.5. The largest absolute Gasteiger partial charge is 0.489 e. The molecule has 3 heterocycles. The van der Waals surface area contributed by atoms with E-state index in [2.05, 4.69) is 42.2 Å². The first-order valence-electron chi connectivity index (χ1n) is 14.2. The van der Waals surface area contributed by atoms with Gasteiger partial charge in [0.1, 0.15) is 12.4 Å². The average Bonchev–Trinajstić information content (AvgIpc) is 3.72. The van der Waals surface area contributed by atoms with Gasteiger partial charge in [-0.2, -0.15) is 0 Å². The van der Waals surface area contributed by atoms with E-state index in [-0.39, 0.29) is 57.4 Å². The van der Waals surface area contributed by atoms with Crippen molar-refractivity contribution in [1.29, 1.82) is 0 Å². The number of para-hydroxylation sites is 1. The molecular weight excluding hydrogens is 588 g/mol. The van der Waals surface area contributed by atoms with Crippen LogP contribution in [0, 0.1) is 36.5 Å². The number of aromatic amines is 1. The van der Waals surface area contributed by atoms with Crippen molar-refractivity contribution in [2.45, 2.75) is 36.1 Å². The molecular formula is C33H27ClN2O4S2. The molecule has 2 saturated carbocycles. The second-order valence-electron chi connectivity index (χ2n) is 11.8. The number of thioether (sulfide) groups is 1. The number of carbonyl (C=O) groups excluding carboxylic acids is 2. The van der Waals surface area contributed by atoms with Gasteiger partial charge >= 0.3 is 4.87 Å². The number of aryl methyl sites for hydroxylation is 1. The zero-order valence-corrected chi connectivity index (χ0v) is 25.0. The van der Waals surface area contributed by atoms with Gasteiger partial charge in [-0.1, -0.05) is 71.0 Å². The number of anilines is 1. The average molecular weight is 615 g/mol. The van der Waals surface area contributed by atoms with Gasteiger partial charge in [-0.05, 0) is 67.0 Å². The number of aromatic nitrogens is 1. The van der Waals surface area contributed by atoms with Gasteiger partial charge in [0.2, 0.25) is 11.8 Å². The summed E-state index contributed by atoms with van der Waals surface area (Å²) in [4.78, 5) is 45.9. The minimum absolute atomic E-state index is 0.0340. The van der Waals surface area contributed by atoms with Crippen LogP contribution < -0.4 is 14.5 Å². The minimum atomic E-state index is -0.361. The van der Waals surface area contributed by atoms with Crippen LogP contribution in [0.3, 0.4) is 0 Å². The molecule has 0 spiro atoms. The monoisotopic (exact) mass is 614 g/mol. The van der Waals surface area contributed by atoms with Crippen LogP contribution in [0.15, 0.2) is 82.6 Å². The summed E-state index contributed by atoms with van der Waals surface area (Å²) in [5.74, 6) is -0.0421. The number of hydrogen-bond acceptors (Lipinski definition) is 6. The lowest BCUT2D eigenvalue weighted by molar-refractivity contribution is -0.123. The van der Waals surface area contributed by atoms with E-state index in [0.29, 0.717) is 17.3 Å². The fraction of sp³-hybridized carbons (Fsp3) is 0.303. The number of ether oxygens (including phenoxy) is 1. The molecule has 4 aromatic rings. The van der Waals surface area contributed by atoms with Crippen molar-refractivity contribution in [2.75, 3.05) is 4.90 Å². The highest BCUT2D eigenvalue weighted by Gasteiger charge is 2.69. The highest BCUT2D eigenvalue weighted by molar-refractivity contribution is 8.00. The number of amides is 2. The summed E-state index contributed by atoms with van der Waals surface area (Å²) >= 11 is 9.05. The maximum Gasteiger partial charge on any atom is 0.305 e.